The molecule has 0 atom stereocenters. The molecule has 102 valence electrons. The Labute approximate surface area is 125 Å². The molecule has 0 amide bonds. The molecule has 0 saturated carbocycles. The van der Waals surface area contributed by atoms with Gasteiger partial charge in [-0.25, -0.2) is 0 Å². The van der Waals surface area contributed by atoms with Crippen molar-refractivity contribution < 1.29 is 9.59 Å². The van der Waals surface area contributed by atoms with Gasteiger partial charge in [0.1, 0.15) is 0 Å². The van der Waals surface area contributed by atoms with E-state index in [1.54, 1.807) is 12.2 Å². The molecule has 3 rings (SSSR count). The smallest absolute Gasteiger partial charge is 0.155 e. The van der Waals surface area contributed by atoms with Crippen LogP contribution >= 0.6 is 23.5 Å². The van der Waals surface area contributed by atoms with Gasteiger partial charge in [-0.2, -0.15) is 0 Å². The summed E-state index contributed by atoms with van der Waals surface area (Å²) in [7, 11) is 0. The van der Waals surface area contributed by atoms with E-state index in [0.717, 1.165) is 31.2 Å². The number of nitrogens with one attached hydrogen (secondary N) is 2. The van der Waals surface area contributed by atoms with E-state index in [2.05, 4.69) is 10.6 Å². The highest BCUT2D eigenvalue weighted by Crippen LogP contribution is 2.49. The summed E-state index contributed by atoms with van der Waals surface area (Å²) in [5.74, 6) is 0.0547. The van der Waals surface area contributed by atoms with Gasteiger partial charge in [0.25, 0.3) is 0 Å². The van der Waals surface area contributed by atoms with E-state index in [0.29, 0.717) is 0 Å². The normalized spacial score (nSPS) is 19.5. The minimum Gasteiger partial charge on any atom is -0.349 e. The first-order chi connectivity index (χ1) is 9.51. The summed E-state index contributed by atoms with van der Waals surface area (Å²) in [6, 6.07) is 4.08. The van der Waals surface area contributed by atoms with E-state index in [9.17, 15) is 9.59 Å². The van der Waals surface area contributed by atoms with Crippen LogP contribution in [0.1, 0.15) is 13.8 Å². The second-order valence-electron chi connectivity index (χ2n) is 4.54. The Balaban J connectivity index is 1.88. The van der Waals surface area contributed by atoms with Crippen LogP contribution in [0, 0.1) is 0 Å². The lowest BCUT2D eigenvalue weighted by molar-refractivity contribution is -0.113. The Bertz CT molecular complexity index is 598. The summed E-state index contributed by atoms with van der Waals surface area (Å²) < 4.78 is 0. The Kier molecular flexibility index (Phi) is 3.35. The highest BCUT2D eigenvalue weighted by Gasteiger charge is 2.23. The predicted octanol–water partition coefficient (Wildman–Crippen LogP) is 3.58. The van der Waals surface area contributed by atoms with Crippen molar-refractivity contribution >= 4 is 46.5 Å². The molecule has 0 aliphatic carbocycles. The molecule has 0 bridgehead atoms. The van der Waals surface area contributed by atoms with Gasteiger partial charge < -0.3 is 10.6 Å². The number of carbonyl (C=O) groups is 2. The number of fused-ring (bicyclic) bond motifs is 2. The van der Waals surface area contributed by atoms with Gasteiger partial charge in [-0.05, 0) is 26.0 Å². The number of allylic oxidation sites excluding steroid dienone is 2. The predicted molar refractivity (Wildman–Crippen MR) is 82.9 cm³/mol. The van der Waals surface area contributed by atoms with Crippen molar-refractivity contribution in [1.82, 2.24) is 0 Å². The standard InChI is InChI=1S/C14H12N2O2S2/c1-7(17)3-13-15-9-5-12-10(6-11(9)19-13)16-14(20-12)4-8(2)18/h3-6,15-16H,1-2H3/b13-3+,14-4+. The third kappa shape index (κ3) is 2.62. The molecular weight excluding hydrogens is 292 g/mol. The maximum Gasteiger partial charge on any atom is 0.155 e. The van der Waals surface area contributed by atoms with E-state index in [-0.39, 0.29) is 11.6 Å². The maximum atomic E-state index is 11.1. The Hall–Kier alpha value is -1.66. The Morgan fingerprint density at radius 2 is 1.30 bits per heavy atom. The summed E-state index contributed by atoms with van der Waals surface area (Å²) in [4.78, 5) is 24.4. The Morgan fingerprint density at radius 3 is 1.65 bits per heavy atom. The van der Waals surface area contributed by atoms with Gasteiger partial charge in [0.2, 0.25) is 0 Å². The van der Waals surface area contributed by atoms with E-state index >= 15 is 0 Å². The highest BCUT2D eigenvalue weighted by molar-refractivity contribution is 8.04. The van der Waals surface area contributed by atoms with Crippen LogP contribution in [0.3, 0.4) is 0 Å². The van der Waals surface area contributed by atoms with Gasteiger partial charge in [-0.3, -0.25) is 9.59 Å². The first-order valence-corrected chi connectivity index (χ1v) is 7.67. The molecule has 0 spiro atoms. The number of anilines is 2. The van der Waals surface area contributed by atoms with Crippen molar-refractivity contribution in [2.75, 3.05) is 10.6 Å². The maximum absolute atomic E-state index is 11.1. The SMILES string of the molecule is CC(=O)/C=C1\Nc2cc3c(cc2S1)N/C(=C\C(C)=O)S3. The van der Waals surface area contributed by atoms with Gasteiger partial charge >= 0.3 is 0 Å². The molecule has 0 saturated heterocycles. The molecule has 1 aromatic rings. The molecule has 0 radical (unpaired) electrons. The van der Waals surface area contributed by atoms with Crippen molar-refractivity contribution in [2.45, 2.75) is 23.6 Å². The minimum atomic E-state index is 0.0273. The van der Waals surface area contributed by atoms with Crippen LogP contribution < -0.4 is 10.6 Å². The number of hydrogen-bond donors (Lipinski definition) is 2. The average molecular weight is 304 g/mol. The molecule has 0 fully saturated rings. The van der Waals surface area contributed by atoms with Crippen molar-refractivity contribution in [3.05, 3.63) is 34.3 Å². The third-order valence-electron chi connectivity index (χ3n) is 2.71. The van der Waals surface area contributed by atoms with Crippen molar-refractivity contribution in [2.24, 2.45) is 0 Å². The van der Waals surface area contributed by atoms with Crippen molar-refractivity contribution in [1.29, 1.82) is 0 Å². The second kappa shape index (κ2) is 5.03. The molecular formula is C14H12N2O2S2. The molecule has 4 nitrogen and oxygen atoms in total. The number of carbonyl (C=O) groups excluding carboxylic acids is 2. The molecule has 2 heterocycles. The zero-order valence-electron chi connectivity index (χ0n) is 10.9. The summed E-state index contributed by atoms with van der Waals surface area (Å²) >= 11 is 3.08. The van der Waals surface area contributed by atoms with Crippen LogP contribution in [-0.2, 0) is 9.59 Å². The van der Waals surface area contributed by atoms with E-state index in [4.69, 9.17) is 0 Å². The first kappa shape index (κ1) is 13.3. The summed E-state index contributed by atoms with van der Waals surface area (Å²) in [5, 5.41) is 8.15. The van der Waals surface area contributed by atoms with Crippen LogP contribution in [0.4, 0.5) is 11.4 Å². The second-order valence-corrected chi connectivity index (χ2v) is 6.70. The monoisotopic (exact) mass is 304 g/mol. The molecule has 20 heavy (non-hydrogen) atoms. The van der Waals surface area contributed by atoms with Crippen LogP contribution in [0.5, 0.6) is 0 Å². The summed E-state index contributed by atoms with van der Waals surface area (Å²) in [6.07, 6.45) is 3.19. The topological polar surface area (TPSA) is 58.2 Å². The molecule has 6 heteroatoms. The number of hydrogen-bond acceptors (Lipinski definition) is 6. The lowest BCUT2D eigenvalue weighted by atomic mass is 10.2. The quantitative estimate of drug-likeness (QED) is 0.814. The first-order valence-electron chi connectivity index (χ1n) is 6.03. The van der Waals surface area contributed by atoms with Crippen molar-refractivity contribution in [3.63, 3.8) is 0 Å². The minimum absolute atomic E-state index is 0.0273. The highest BCUT2D eigenvalue weighted by atomic mass is 32.2. The molecule has 0 aromatic heterocycles. The average Bonchev–Trinajstić information content (AvgIpc) is 2.84. The van der Waals surface area contributed by atoms with Gasteiger partial charge in [0, 0.05) is 21.9 Å². The summed E-state index contributed by atoms with van der Waals surface area (Å²) in [5.41, 5.74) is 2.00. The van der Waals surface area contributed by atoms with Gasteiger partial charge in [-0.1, -0.05) is 23.5 Å². The van der Waals surface area contributed by atoms with Gasteiger partial charge in [0.15, 0.2) is 11.6 Å². The number of thioether (sulfide) groups is 2. The summed E-state index contributed by atoms with van der Waals surface area (Å²) in [6.45, 7) is 3.07. The molecule has 0 unspecified atom stereocenters. The lowest BCUT2D eigenvalue weighted by Crippen LogP contribution is -1.93. The number of benzene rings is 1. The molecule has 2 aliphatic rings. The third-order valence-corrected chi connectivity index (χ3v) is 4.70. The Morgan fingerprint density at radius 1 is 0.900 bits per heavy atom. The fourth-order valence-corrected chi connectivity index (χ4v) is 4.02. The number of rotatable bonds is 2. The van der Waals surface area contributed by atoms with E-state index in [1.807, 2.05) is 12.1 Å². The van der Waals surface area contributed by atoms with Crippen molar-refractivity contribution in [3.8, 4) is 0 Å². The van der Waals surface area contributed by atoms with Crippen LogP contribution in [0.25, 0.3) is 0 Å². The lowest BCUT2D eigenvalue weighted by Gasteiger charge is -2.01. The zero-order valence-corrected chi connectivity index (χ0v) is 12.6. The molecule has 2 N–H and O–H groups in total. The van der Waals surface area contributed by atoms with E-state index in [1.165, 1.54) is 37.4 Å². The largest absolute Gasteiger partial charge is 0.349 e. The van der Waals surface area contributed by atoms with E-state index < -0.39 is 0 Å². The van der Waals surface area contributed by atoms with Gasteiger partial charge in [-0.15, -0.1) is 0 Å². The van der Waals surface area contributed by atoms with Gasteiger partial charge in [0.05, 0.1) is 21.4 Å². The fourth-order valence-electron chi connectivity index (χ4n) is 1.98. The van der Waals surface area contributed by atoms with Crippen LogP contribution in [0.2, 0.25) is 0 Å². The van der Waals surface area contributed by atoms with Crippen LogP contribution in [-0.4, -0.2) is 11.6 Å². The van der Waals surface area contributed by atoms with Crippen LogP contribution in [0.15, 0.2) is 44.1 Å². The molecule has 2 aliphatic heterocycles. The molecule has 1 aromatic carbocycles. The zero-order chi connectivity index (χ0) is 14.3. The fraction of sp³-hybridized carbons (Fsp3) is 0.143. The number of ketones is 2.